The number of thiophene rings is 1. The molecule has 0 fully saturated rings. The molecule has 2 aliphatic rings. The minimum absolute atomic E-state index is 0.0187. The first-order chi connectivity index (χ1) is 10.3. The van der Waals surface area contributed by atoms with E-state index in [9.17, 15) is 4.79 Å². The third kappa shape index (κ3) is 2.44. The molecule has 0 bridgehead atoms. The Morgan fingerprint density at radius 3 is 2.90 bits per heavy atom. The van der Waals surface area contributed by atoms with Crippen LogP contribution in [0.1, 0.15) is 38.5 Å². The molecule has 0 unspecified atom stereocenters. The minimum Gasteiger partial charge on any atom is -0.385 e. The standard InChI is InChI=1S/C17H18N2OS/c20-17(16-9-12-3-1-5-15(12)21-16)19-13-7-6-11-4-2-8-18-14(11)10-13/h6-7,9-10,18H,1-5,8H2,(H,19,20). The number of anilines is 2. The zero-order chi connectivity index (χ0) is 14.2. The number of aryl methyl sites for hydroxylation is 3. The Hall–Kier alpha value is -1.81. The molecule has 1 aliphatic carbocycles. The predicted octanol–water partition coefficient (Wildman–Crippen LogP) is 3.85. The quantitative estimate of drug-likeness (QED) is 0.884. The van der Waals surface area contributed by atoms with Crippen molar-refractivity contribution in [2.24, 2.45) is 0 Å². The van der Waals surface area contributed by atoms with Gasteiger partial charge in [-0.2, -0.15) is 0 Å². The molecule has 1 aliphatic heterocycles. The van der Waals surface area contributed by atoms with Crippen LogP contribution in [0.3, 0.4) is 0 Å². The number of nitrogens with one attached hydrogen (secondary N) is 2. The molecule has 1 aromatic carbocycles. The van der Waals surface area contributed by atoms with Crippen molar-refractivity contribution < 1.29 is 4.79 Å². The highest BCUT2D eigenvalue weighted by molar-refractivity contribution is 7.14. The van der Waals surface area contributed by atoms with E-state index in [0.29, 0.717) is 0 Å². The van der Waals surface area contributed by atoms with Crippen LogP contribution >= 0.6 is 11.3 Å². The smallest absolute Gasteiger partial charge is 0.265 e. The van der Waals surface area contributed by atoms with Crippen molar-refractivity contribution >= 4 is 28.6 Å². The van der Waals surface area contributed by atoms with E-state index < -0.39 is 0 Å². The van der Waals surface area contributed by atoms with Gasteiger partial charge in [0.15, 0.2) is 0 Å². The van der Waals surface area contributed by atoms with E-state index in [1.165, 1.54) is 28.8 Å². The Morgan fingerprint density at radius 1 is 1.10 bits per heavy atom. The van der Waals surface area contributed by atoms with E-state index in [1.54, 1.807) is 11.3 Å². The number of amides is 1. The number of benzene rings is 1. The molecule has 4 heteroatoms. The summed E-state index contributed by atoms with van der Waals surface area (Å²) in [6.45, 7) is 1.02. The Bertz CT molecular complexity index is 683. The van der Waals surface area contributed by atoms with Crippen LogP contribution in [0.2, 0.25) is 0 Å². The van der Waals surface area contributed by atoms with Gasteiger partial charge in [0.25, 0.3) is 5.91 Å². The van der Waals surface area contributed by atoms with Crippen LogP contribution in [0.25, 0.3) is 0 Å². The number of carbonyl (C=O) groups is 1. The molecule has 2 heterocycles. The van der Waals surface area contributed by atoms with Crippen molar-refractivity contribution in [2.45, 2.75) is 32.1 Å². The molecule has 0 radical (unpaired) electrons. The maximum absolute atomic E-state index is 12.4. The van der Waals surface area contributed by atoms with E-state index in [-0.39, 0.29) is 5.91 Å². The zero-order valence-corrected chi connectivity index (χ0v) is 12.7. The van der Waals surface area contributed by atoms with Crippen LogP contribution in [0, 0.1) is 0 Å². The second kappa shape index (κ2) is 5.19. The van der Waals surface area contributed by atoms with Gasteiger partial charge in [-0.3, -0.25) is 4.79 Å². The fraction of sp³-hybridized carbons (Fsp3) is 0.353. The van der Waals surface area contributed by atoms with Crippen molar-refractivity contribution in [3.8, 4) is 0 Å². The lowest BCUT2D eigenvalue weighted by Gasteiger charge is -2.18. The molecular weight excluding hydrogens is 280 g/mol. The van der Waals surface area contributed by atoms with Gasteiger partial charge in [0.2, 0.25) is 0 Å². The van der Waals surface area contributed by atoms with E-state index in [2.05, 4.69) is 22.8 Å². The second-order valence-corrected chi connectivity index (χ2v) is 6.91. The Labute approximate surface area is 128 Å². The largest absolute Gasteiger partial charge is 0.385 e. The molecule has 0 spiro atoms. The van der Waals surface area contributed by atoms with Gasteiger partial charge in [-0.1, -0.05) is 6.07 Å². The molecule has 2 aromatic rings. The number of hydrogen-bond donors (Lipinski definition) is 2. The maximum atomic E-state index is 12.4. The van der Waals surface area contributed by atoms with Gasteiger partial charge in [0.05, 0.1) is 4.88 Å². The van der Waals surface area contributed by atoms with Crippen molar-refractivity contribution in [3.63, 3.8) is 0 Å². The summed E-state index contributed by atoms with van der Waals surface area (Å²) in [4.78, 5) is 14.6. The summed E-state index contributed by atoms with van der Waals surface area (Å²) in [6, 6.07) is 8.24. The molecule has 2 N–H and O–H groups in total. The number of hydrogen-bond acceptors (Lipinski definition) is 3. The Morgan fingerprint density at radius 2 is 2.00 bits per heavy atom. The summed E-state index contributed by atoms with van der Waals surface area (Å²) in [5.74, 6) is 0.0187. The van der Waals surface area contributed by atoms with Gasteiger partial charge >= 0.3 is 0 Å². The first kappa shape index (κ1) is 12.9. The molecular formula is C17H18N2OS. The summed E-state index contributed by atoms with van der Waals surface area (Å²) >= 11 is 1.65. The summed E-state index contributed by atoms with van der Waals surface area (Å²) in [5.41, 5.74) is 4.75. The Kier molecular flexibility index (Phi) is 3.19. The molecule has 0 saturated heterocycles. The van der Waals surface area contributed by atoms with Gasteiger partial charge in [0.1, 0.15) is 0 Å². The zero-order valence-electron chi connectivity index (χ0n) is 11.9. The van der Waals surface area contributed by atoms with Crippen molar-refractivity contribution in [2.75, 3.05) is 17.2 Å². The van der Waals surface area contributed by atoms with E-state index >= 15 is 0 Å². The molecule has 21 heavy (non-hydrogen) atoms. The molecule has 0 saturated carbocycles. The summed E-state index contributed by atoms with van der Waals surface area (Å²) in [5, 5.41) is 6.43. The lowest BCUT2D eigenvalue weighted by molar-refractivity contribution is 0.103. The van der Waals surface area contributed by atoms with Gasteiger partial charge < -0.3 is 10.6 Å². The maximum Gasteiger partial charge on any atom is 0.265 e. The topological polar surface area (TPSA) is 41.1 Å². The van der Waals surface area contributed by atoms with Crippen LogP contribution < -0.4 is 10.6 Å². The molecule has 1 amide bonds. The summed E-state index contributed by atoms with van der Waals surface area (Å²) in [7, 11) is 0. The second-order valence-electron chi connectivity index (χ2n) is 5.77. The first-order valence-corrected chi connectivity index (χ1v) is 8.41. The van der Waals surface area contributed by atoms with Crippen LogP contribution in [-0.4, -0.2) is 12.5 Å². The van der Waals surface area contributed by atoms with Crippen LogP contribution in [0.15, 0.2) is 24.3 Å². The summed E-state index contributed by atoms with van der Waals surface area (Å²) in [6.07, 6.45) is 5.80. The normalized spacial score (nSPS) is 16.0. The SMILES string of the molecule is O=C(Nc1ccc2c(c1)NCCC2)c1cc2c(s1)CCC2. The van der Waals surface area contributed by atoms with Crippen molar-refractivity contribution in [3.05, 3.63) is 45.1 Å². The molecule has 4 rings (SSSR count). The van der Waals surface area contributed by atoms with E-state index in [1.807, 2.05) is 12.1 Å². The highest BCUT2D eigenvalue weighted by Gasteiger charge is 2.19. The average Bonchev–Trinajstić information content (AvgIpc) is 3.08. The Balaban J connectivity index is 1.53. The molecule has 108 valence electrons. The van der Waals surface area contributed by atoms with Crippen LogP contribution in [0.5, 0.6) is 0 Å². The number of carbonyl (C=O) groups excluding carboxylic acids is 1. The molecule has 3 nitrogen and oxygen atoms in total. The first-order valence-electron chi connectivity index (χ1n) is 7.59. The van der Waals surface area contributed by atoms with Crippen LogP contribution in [0.4, 0.5) is 11.4 Å². The van der Waals surface area contributed by atoms with Gasteiger partial charge in [-0.25, -0.2) is 0 Å². The summed E-state index contributed by atoms with van der Waals surface area (Å²) < 4.78 is 0. The average molecular weight is 298 g/mol. The predicted molar refractivity (Wildman–Crippen MR) is 87.5 cm³/mol. The highest BCUT2D eigenvalue weighted by Crippen LogP contribution is 2.31. The highest BCUT2D eigenvalue weighted by atomic mass is 32.1. The third-order valence-corrected chi connectivity index (χ3v) is 5.51. The molecule has 1 aromatic heterocycles. The lowest BCUT2D eigenvalue weighted by Crippen LogP contribution is -2.14. The number of rotatable bonds is 2. The number of fused-ring (bicyclic) bond motifs is 2. The van der Waals surface area contributed by atoms with E-state index in [4.69, 9.17) is 0 Å². The fourth-order valence-electron chi connectivity index (χ4n) is 3.17. The third-order valence-electron chi connectivity index (χ3n) is 4.28. The molecule has 0 atom stereocenters. The van der Waals surface area contributed by atoms with Crippen LogP contribution in [-0.2, 0) is 19.3 Å². The monoisotopic (exact) mass is 298 g/mol. The lowest BCUT2D eigenvalue weighted by atomic mass is 10.0. The van der Waals surface area contributed by atoms with Gasteiger partial charge in [-0.05, 0) is 61.4 Å². The van der Waals surface area contributed by atoms with E-state index in [0.717, 1.165) is 42.1 Å². The minimum atomic E-state index is 0.0187. The fourth-order valence-corrected chi connectivity index (χ4v) is 4.32. The van der Waals surface area contributed by atoms with Gasteiger partial charge in [0, 0.05) is 22.8 Å². The van der Waals surface area contributed by atoms with Gasteiger partial charge in [-0.15, -0.1) is 11.3 Å². The van der Waals surface area contributed by atoms with Crippen molar-refractivity contribution in [1.29, 1.82) is 0 Å². The van der Waals surface area contributed by atoms with Crippen molar-refractivity contribution in [1.82, 2.24) is 0 Å².